The Morgan fingerprint density at radius 1 is 1.18 bits per heavy atom. The van der Waals surface area contributed by atoms with Crippen molar-refractivity contribution in [3.63, 3.8) is 0 Å². The minimum atomic E-state index is -1.12. The van der Waals surface area contributed by atoms with Gasteiger partial charge in [-0.1, -0.05) is 6.07 Å². The second-order valence-electron chi connectivity index (χ2n) is 10.2. The van der Waals surface area contributed by atoms with Crippen LogP contribution in [0.15, 0.2) is 30.7 Å². The summed E-state index contributed by atoms with van der Waals surface area (Å²) in [5.74, 6) is -0.735. The SMILES string of the molecule is CC(=O)N[C@H]1CC(=O)N2CCCC(CCOc3ccc(C)c(c3)CNC(=O)C(c3cn(C)cn3)NC1=O)C2. The highest BCUT2D eigenvalue weighted by atomic mass is 16.5. The van der Waals surface area contributed by atoms with Crippen molar-refractivity contribution >= 4 is 23.6 Å². The maximum Gasteiger partial charge on any atom is 0.249 e. The zero-order valence-corrected chi connectivity index (χ0v) is 22.2. The van der Waals surface area contributed by atoms with Crippen molar-refractivity contribution in [1.82, 2.24) is 30.4 Å². The number of carbonyl (C=O) groups excluding carboxylic acids is 4. The Kier molecular flexibility index (Phi) is 8.65. The predicted octanol–water partition coefficient (Wildman–Crippen LogP) is 1.12. The Morgan fingerprint density at radius 2 is 2.00 bits per heavy atom. The number of nitrogens with zero attached hydrogens (tertiary/aromatic N) is 3. The third kappa shape index (κ3) is 6.90. The summed E-state index contributed by atoms with van der Waals surface area (Å²) in [6.07, 6.45) is 5.64. The molecular formula is C27H36N6O5. The van der Waals surface area contributed by atoms with Crippen LogP contribution in [0.1, 0.15) is 55.5 Å². The van der Waals surface area contributed by atoms with Gasteiger partial charge in [0.05, 0.1) is 25.0 Å². The first-order chi connectivity index (χ1) is 18.2. The molecule has 4 bridgehead atoms. The van der Waals surface area contributed by atoms with E-state index < -0.39 is 29.8 Å². The topological polar surface area (TPSA) is 135 Å². The van der Waals surface area contributed by atoms with E-state index in [4.69, 9.17) is 4.74 Å². The van der Waals surface area contributed by atoms with E-state index in [1.54, 1.807) is 22.7 Å². The molecule has 204 valence electrons. The van der Waals surface area contributed by atoms with Gasteiger partial charge in [0.25, 0.3) is 0 Å². The molecule has 1 aromatic heterocycles. The Hall–Kier alpha value is -3.89. The maximum atomic E-state index is 13.4. The van der Waals surface area contributed by atoms with Gasteiger partial charge in [-0.2, -0.15) is 0 Å². The van der Waals surface area contributed by atoms with E-state index in [0.717, 1.165) is 36.1 Å². The van der Waals surface area contributed by atoms with E-state index in [1.165, 1.54) is 13.3 Å². The fraction of sp³-hybridized carbons (Fsp3) is 0.519. The number of amides is 4. The van der Waals surface area contributed by atoms with Crippen LogP contribution in [0.5, 0.6) is 5.75 Å². The van der Waals surface area contributed by atoms with Gasteiger partial charge in [-0.05, 0) is 55.4 Å². The number of imidazole rings is 1. The smallest absolute Gasteiger partial charge is 0.249 e. The second-order valence-corrected chi connectivity index (χ2v) is 10.2. The Balaban J connectivity index is 1.64. The quantitative estimate of drug-likeness (QED) is 0.539. The molecule has 3 atom stereocenters. The number of rotatable bonds is 2. The third-order valence-electron chi connectivity index (χ3n) is 7.08. The lowest BCUT2D eigenvalue weighted by Gasteiger charge is -2.34. The van der Waals surface area contributed by atoms with Crippen LogP contribution in [-0.2, 0) is 32.8 Å². The standard InChI is InChI=1S/C27H36N6O5/c1-17-6-7-21-11-20(17)13-28-27(37)25(23-15-32(3)16-29-23)31-26(36)22(30-18(2)34)12-24(35)33-9-4-5-19(14-33)8-10-38-21/h6-7,11,15-16,19,22,25H,4-5,8-10,12-14H2,1-3H3,(H,28,37)(H,30,34)(H,31,36)/t19?,22-,25?/m0/s1. The molecule has 0 aliphatic carbocycles. The molecule has 2 aliphatic heterocycles. The second kappa shape index (κ2) is 12.1. The van der Waals surface area contributed by atoms with Gasteiger partial charge in [0.2, 0.25) is 23.6 Å². The number of aryl methyl sites for hydroxylation is 2. The normalized spacial score (nSPS) is 23.4. The number of fused-ring (bicyclic) bond motifs is 4. The van der Waals surface area contributed by atoms with Crippen LogP contribution in [0.2, 0.25) is 0 Å². The van der Waals surface area contributed by atoms with Gasteiger partial charge in [-0.3, -0.25) is 19.2 Å². The fourth-order valence-corrected chi connectivity index (χ4v) is 4.94. The van der Waals surface area contributed by atoms with Crippen molar-refractivity contribution in [2.45, 2.75) is 58.2 Å². The van der Waals surface area contributed by atoms with Crippen molar-refractivity contribution in [2.75, 3.05) is 19.7 Å². The van der Waals surface area contributed by atoms with Crippen LogP contribution in [0.25, 0.3) is 0 Å². The molecule has 2 aromatic rings. The average molecular weight is 525 g/mol. The van der Waals surface area contributed by atoms with E-state index >= 15 is 0 Å². The summed E-state index contributed by atoms with van der Waals surface area (Å²) in [7, 11) is 1.76. The van der Waals surface area contributed by atoms with Gasteiger partial charge in [0.15, 0.2) is 6.04 Å². The number of hydrogen-bond acceptors (Lipinski definition) is 6. The fourth-order valence-electron chi connectivity index (χ4n) is 4.94. The maximum absolute atomic E-state index is 13.4. The predicted molar refractivity (Wildman–Crippen MR) is 139 cm³/mol. The molecule has 11 heteroatoms. The largest absolute Gasteiger partial charge is 0.494 e. The molecule has 2 aliphatic rings. The molecule has 0 saturated carbocycles. The van der Waals surface area contributed by atoms with Gasteiger partial charge < -0.3 is 30.2 Å². The monoisotopic (exact) mass is 524 g/mol. The first-order valence-corrected chi connectivity index (χ1v) is 13.0. The molecule has 11 nitrogen and oxygen atoms in total. The molecule has 3 heterocycles. The Bertz CT molecular complexity index is 1190. The lowest BCUT2D eigenvalue weighted by Crippen LogP contribution is -2.52. The molecule has 1 aromatic carbocycles. The molecular weight excluding hydrogens is 488 g/mol. The molecule has 38 heavy (non-hydrogen) atoms. The van der Waals surface area contributed by atoms with Gasteiger partial charge in [-0.25, -0.2) is 4.98 Å². The number of aromatic nitrogens is 2. The molecule has 4 amide bonds. The highest BCUT2D eigenvalue weighted by Gasteiger charge is 2.32. The van der Waals surface area contributed by atoms with Crippen LogP contribution in [0, 0.1) is 12.8 Å². The van der Waals surface area contributed by atoms with E-state index in [2.05, 4.69) is 20.9 Å². The highest BCUT2D eigenvalue weighted by molar-refractivity contribution is 5.94. The third-order valence-corrected chi connectivity index (χ3v) is 7.08. The summed E-state index contributed by atoms with van der Waals surface area (Å²) in [6.45, 7) is 5.17. The average Bonchev–Trinajstić information content (AvgIpc) is 3.31. The number of nitrogens with one attached hydrogen (secondary N) is 3. The molecule has 0 spiro atoms. The van der Waals surface area contributed by atoms with Crippen LogP contribution in [0.3, 0.4) is 0 Å². The van der Waals surface area contributed by atoms with E-state index in [9.17, 15) is 19.2 Å². The summed E-state index contributed by atoms with van der Waals surface area (Å²) in [5.41, 5.74) is 2.24. The highest BCUT2D eigenvalue weighted by Crippen LogP contribution is 2.23. The van der Waals surface area contributed by atoms with Crippen molar-refractivity contribution in [2.24, 2.45) is 13.0 Å². The minimum absolute atomic E-state index is 0.199. The molecule has 2 unspecified atom stereocenters. The van der Waals surface area contributed by atoms with Crippen molar-refractivity contribution in [1.29, 1.82) is 0 Å². The number of hydrogen-bond donors (Lipinski definition) is 3. The Morgan fingerprint density at radius 3 is 2.74 bits per heavy atom. The molecule has 4 rings (SSSR count). The summed E-state index contributed by atoms with van der Waals surface area (Å²) in [5, 5.41) is 8.19. The first kappa shape index (κ1) is 27.2. The van der Waals surface area contributed by atoms with E-state index in [1.807, 2.05) is 25.1 Å². The summed E-state index contributed by atoms with van der Waals surface area (Å²) < 4.78 is 7.70. The van der Waals surface area contributed by atoms with Gasteiger partial charge in [0.1, 0.15) is 11.8 Å². The zero-order chi connectivity index (χ0) is 27.2. The molecule has 0 radical (unpaired) electrons. The van der Waals surface area contributed by atoms with Crippen LogP contribution >= 0.6 is 0 Å². The number of ether oxygens (including phenoxy) is 1. The van der Waals surface area contributed by atoms with Crippen molar-refractivity contribution in [3.05, 3.63) is 47.5 Å². The number of piperidine rings is 1. The van der Waals surface area contributed by atoms with E-state index in [0.29, 0.717) is 25.4 Å². The summed E-state index contributed by atoms with van der Waals surface area (Å²) in [6, 6.07) is 3.53. The van der Waals surface area contributed by atoms with E-state index in [-0.39, 0.29) is 24.8 Å². The number of benzene rings is 1. The van der Waals surface area contributed by atoms with Crippen molar-refractivity contribution in [3.8, 4) is 5.75 Å². The lowest BCUT2D eigenvalue weighted by atomic mass is 9.94. The zero-order valence-electron chi connectivity index (χ0n) is 22.2. The van der Waals surface area contributed by atoms with Gasteiger partial charge in [0, 0.05) is 39.8 Å². The van der Waals surface area contributed by atoms with Crippen LogP contribution in [-0.4, -0.2) is 63.8 Å². The summed E-state index contributed by atoms with van der Waals surface area (Å²) >= 11 is 0. The van der Waals surface area contributed by atoms with Crippen LogP contribution < -0.4 is 20.7 Å². The molecule has 3 N–H and O–H groups in total. The van der Waals surface area contributed by atoms with Crippen LogP contribution in [0.4, 0.5) is 0 Å². The van der Waals surface area contributed by atoms with Gasteiger partial charge >= 0.3 is 0 Å². The van der Waals surface area contributed by atoms with Gasteiger partial charge in [-0.15, -0.1) is 0 Å². The van der Waals surface area contributed by atoms with Crippen molar-refractivity contribution < 1.29 is 23.9 Å². The Labute approximate surface area is 222 Å². The number of carbonyl (C=O) groups is 4. The summed E-state index contributed by atoms with van der Waals surface area (Å²) in [4.78, 5) is 57.8. The first-order valence-electron chi connectivity index (χ1n) is 13.0. The minimum Gasteiger partial charge on any atom is -0.494 e. The lowest BCUT2D eigenvalue weighted by molar-refractivity contribution is -0.138. The molecule has 1 fully saturated rings. The molecule has 1 saturated heterocycles.